The zero-order valence-corrected chi connectivity index (χ0v) is 16.2. The van der Waals surface area contributed by atoms with Crippen LogP contribution < -0.4 is 4.74 Å². The Bertz CT molecular complexity index is 1040. The van der Waals surface area contributed by atoms with Gasteiger partial charge in [-0.05, 0) is 64.9 Å². The zero-order valence-electron chi connectivity index (χ0n) is 15.4. The molecule has 2 unspecified atom stereocenters. The van der Waals surface area contributed by atoms with E-state index in [2.05, 4.69) is 52.7 Å². The third kappa shape index (κ3) is 1.99. The van der Waals surface area contributed by atoms with Gasteiger partial charge in [0.25, 0.3) is 0 Å². The molecule has 3 heteroatoms. The second-order valence-electron chi connectivity index (χ2n) is 9.14. The number of nitrogens with zero attached hydrogens (tertiary/aromatic N) is 1. The summed E-state index contributed by atoms with van der Waals surface area (Å²) in [6.45, 7) is 3.83. The molecule has 5 heterocycles. The van der Waals surface area contributed by atoms with E-state index < -0.39 is 0 Å². The summed E-state index contributed by atoms with van der Waals surface area (Å²) in [6.07, 6.45) is 3.85. The first-order valence-electron chi connectivity index (χ1n) is 10.3. The minimum absolute atomic E-state index is 0.0678. The van der Waals surface area contributed by atoms with E-state index in [1.807, 2.05) is 11.3 Å². The van der Waals surface area contributed by atoms with Crippen LogP contribution in [0.2, 0.25) is 0 Å². The van der Waals surface area contributed by atoms with E-state index in [4.69, 9.17) is 4.74 Å². The van der Waals surface area contributed by atoms with E-state index in [1.165, 1.54) is 59.3 Å². The molecule has 0 radical (unpaired) electrons. The molecule has 3 aromatic rings. The van der Waals surface area contributed by atoms with Gasteiger partial charge >= 0.3 is 0 Å². The lowest BCUT2D eigenvalue weighted by atomic mass is 9.58. The standard InChI is InChI=1S/C24H23NOS/c1-2-20(16-4-5-23-17(10-16)6-7-27-23)21-11-24(26-22(21)3-1)18-8-15-9-19(24)14-25(12-15)13-18/h1-7,10,15,18-19H,8-9,11-14H2. The van der Waals surface area contributed by atoms with Crippen molar-refractivity contribution in [2.45, 2.75) is 24.9 Å². The Kier molecular flexibility index (Phi) is 2.89. The molecule has 0 N–H and O–H groups in total. The van der Waals surface area contributed by atoms with Gasteiger partial charge in [-0.25, -0.2) is 0 Å². The molecule has 1 aliphatic carbocycles. The highest BCUT2D eigenvalue weighted by Crippen LogP contribution is 2.57. The summed E-state index contributed by atoms with van der Waals surface area (Å²) in [5.74, 6) is 3.49. The molecule has 2 nitrogen and oxygen atoms in total. The summed E-state index contributed by atoms with van der Waals surface area (Å²) in [5, 5.41) is 3.54. The number of hydrogen-bond donors (Lipinski definition) is 0. The maximum absolute atomic E-state index is 6.88. The van der Waals surface area contributed by atoms with Crippen molar-refractivity contribution in [1.82, 2.24) is 4.90 Å². The average Bonchev–Trinajstić information content (AvgIpc) is 3.30. The van der Waals surface area contributed by atoms with Crippen LogP contribution in [-0.2, 0) is 6.42 Å². The molecule has 1 saturated carbocycles. The third-order valence-electron chi connectivity index (χ3n) is 7.74. The molecule has 27 heavy (non-hydrogen) atoms. The quantitative estimate of drug-likeness (QED) is 0.580. The molecule has 1 aromatic heterocycles. The van der Waals surface area contributed by atoms with Gasteiger partial charge in [-0.3, -0.25) is 0 Å². The minimum Gasteiger partial charge on any atom is -0.486 e. The maximum Gasteiger partial charge on any atom is 0.124 e. The van der Waals surface area contributed by atoms with Crippen molar-refractivity contribution in [2.24, 2.45) is 17.8 Å². The lowest BCUT2D eigenvalue weighted by Crippen LogP contribution is -2.68. The van der Waals surface area contributed by atoms with Crippen molar-refractivity contribution in [3.05, 3.63) is 53.4 Å². The molecular weight excluding hydrogens is 350 g/mol. The van der Waals surface area contributed by atoms with Gasteiger partial charge in [0.1, 0.15) is 11.4 Å². The predicted molar refractivity (Wildman–Crippen MR) is 110 cm³/mol. The highest BCUT2D eigenvalue weighted by atomic mass is 32.1. The van der Waals surface area contributed by atoms with Crippen LogP contribution in [-0.4, -0.2) is 30.1 Å². The second kappa shape index (κ2) is 5.15. The van der Waals surface area contributed by atoms with E-state index in [9.17, 15) is 0 Å². The van der Waals surface area contributed by atoms with Crippen LogP contribution in [0.3, 0.4) is 0 Å². The van der Waals surface area contributed by atoms with Crippen LogP contribution in [0.4, 0.5) is 0 Å². The molecule has 1 spiro atoms. The largest absolute Gasteiger partial charge is 0.486 e. The SMILES string of the molecule is c1cc2c(c(-c3ccc4sccc4c3)c1)CC1(O2)C2CC3CC1CN(C3)C2. The number of rotatable bonds is 1. The zero-order chi connectivity index (χ0) is 17.6. The molecule has 4 aliphatic heterocycles. The Hall–Kier alpha value is -1.84. The van der Waals surface area contributed by atoms with Crippen LogP contribution in [0.25, 0.3) is 21.2 Å². The van der Waals surface area contributed by atoms with Crippen molar-refractivity contribution < 1.29 is 4.74 Å². The first-order chi connectivity index (χ1) is 13.3. The molecular formula is C24H23NOS. The molecule has 3 saturated heterocycles. The van der Waals surface area contributed by atoms with Crippen molar-refractivity contribution in [1.29, 1.82) is 0 Å². The van der Waals surface area contributed by atoms with Gasteiger partial charge in [0.15, 0.2) is 0 Å². The fourth-order valence-corrected chi connectivity index (χ4v) is 7.44. The Morgan fingerprint density at radius 2 is 1.89 bits per heavy atom. The first-order valence-corrected chi connectivity index (χ1v) is 11.2. The summed E-state index contributed by atoms with van der Waals surface area (Å²) in [7, 11) is 0. The second-order valence-corrected chi connectivity index (χ2v) is 10.1. The highest BCUT2D eigenvalue weighted by molar-refractivity contribution is 7.17. The number of piperidine rings is 3. The fraction of sp³-hybridized carbons (Fsp3) is 0.417. The van der Waals surface area contributed by atoms with Gasteiger partial charge in [0, 0.05) is 48.2 Å². The van der Waals surface area contributed by atoms with E-state index in [0.717, 1.165) is 18.1 Å². The van der Waals surface area contributed by atoms with Crippen LogP contribution in [0.15, 0.2) is 47.8 Å². The smallest absolute Gasteiger partial charge is 0.124 e. The number of benzene rings is 2. The molecule has 136 valence electrons. The number of thiophene rings is 1. The van der Waals surface area contributed by atoms with Crippen molar-refractivity contribution in [3.63, 3.8) is 0 Å². The molecule has 4 bridgehead atoms. The summed E-state index contributed by atoms with van der Waals surface area (Å²) >= 11 is 1.82. The fourth-order valence-electron chi connectivity index (χ4n) is 6.67. The number of fused-ring (bicyclic) bond motifs is 2. The molecule has 8 rings (SSSR count). The summed E-state index contributed by atoms with van der Waals surface area (Å²) in [4.78, 5) is 2.70. The van der Waals surface area contributed by atoms with Gasteiger partial charge in [-0.15, -0.1) is 11.3 Å². The van der Waals surface area contributed by atoms with Gasteiger partial charge < -0.3 is 9.64 Å². The summed E-state index contributed by atoms with van der Waals surface area (Å²) in [6, 6.07) is 15.9. The van der Waals surface area contributed by atoms with E-state index in [-0.39, 0.29) is 5.60 Å². The highest BCUT2D eigenvalue weighted by Gasteiger charge is 2.60. The summed E-state index contributed by atoms with van der Waals surface area (Å²) < 4.78 is 8.25. The Labute approximate surface area is 163 Å². The Morgan fingerprint density at radius 1 is 1.00 bits per heavy atom. The van der Waals surface area contributed by atoms with Crippen molar-refractivity contribution in [2.75, 3.05) is 19.6 Å². The third-order valence-corrected chi connectivity index (χ3v) is 8.64. The van der Waals surface area contributed by atoms with Crippen LogP contribution >= 0.6 is 11.3 Å². The number of hydrogen-bond acceptors (Lipinski definition) is 3. The topological polar surface area (TPSA) is 12.5 Å². The first kappa shape index (κ1) is 15.1. The van der Waals surface area contributed by atoms with Crippen molar-refractivity contribution >= 4 is 21.4 Å². The molecule has 2 aromatic carbocycles. The van der Waals surface area contributed by atoms with Gasteiger partial charge in [-0.2, -0.15) is 0 Å². The molecule has 0 amide bonds. The summed E-state index contributed by atoms with van der Waals surface area (Å²) in [5.41, 5.74) is 4.24. The van der Waals surface area contributed by atoms with Gasteiger partial charge in [-0.1, -0.05) is 18.2 Å². The van der Waals surface area contributed by atoms with E-state index in [0.29, 0.717) is 11.8 Å². The lowest BCUT2D eigenvalue weighted by Gasteiger charge is -2.60. The minimum atomic E-state index is 0.0678. The van der Waals surface area contributed by atoms with Crippen LogP contribution in [0.5, 0.6) is 5.75 Å². The van der Waals surface area contributed by atoms with Crippen LogP contribution in [0.1, 0.15) is 18.4 Å². The van der Waals surface area contributed by atoms with Gasteiger partial charge in [0.05, 0.1) is 0 Å². The predicted octanol–water partition coefficient (Wildman–Crippen LogP) is 5.21. The van der Waals surface area contributed by atoms with Crippen LogP contribution in [0, 0.1) is 17.8 Å². The monoisotopic (exact) mass is 373 g/mol. The Balaban J connectivity index is 1.33. The van der Waals surface area contributed by atoms with E-state index >= 15 is 0 Å². The normalized spacial score (nSPS) is 35.7. The maximum atomic E-state index is 6.88. The van der Waals surface area contributed by atoms with E-state index in [1.54, 1.807) is 0 Å². The molecule has 4 fully saturated rings. The number of ether oxygens (including phenoxy) is 1. The molecule has 2 atom stereocenters. The Morgan fingerprint density at radius 3 is 2.74 bits per heavy atom. The average molecular weight is 374 g/mol. The van der Waals surface area contributed by atoms with Gasteiger partial charge in [0.2, 0.25) is 0 Å². The molecule has 5 aliphatic rings. The lowest BCUT2D eigenvalue weighted by molar-refractivity contribution is -0.158. The van der Waals surface area contributed by atoms with Crippen molar-refractivity contribution in [3.8, 4) is 16.9 Å².